The Morgan fingerprint density at radius 3 is 2.96 bits per heavy atom. The predicted molar refractivity (Wildman–Crippen MR) is 101 cm³/mol. The van der Waals surface area contributed by atoms with E-state index >= 15 is 0 Å². The largest absolute Gasteiger partial charge is 0.350 e. The Morgan fingerprint density at radius 2 is 2.12 bits per heavy atom. The molecule has 1 aromatic carbocycles. The van der Waals surface area contributed by atoms with E-state index < -0.39 is 0 Å². The van der Waals surface area contributed by atoms with Crippen molar-refractivity contribution in [2.45, 2.75) is 6.42 Å². The summed E-state index contributed by atoms with van der Waals surface area (Å²) in [6.07, 6.45) is 5.82. The van der Waals surface area contributed by atoms with Crippen LogP contribution in [-0.4, -0.2) is 20.4 Å². The second-order valence-electron chi connectivity index (χ2n) is 5.79. The number of thiazole rings is 1. The molecular weight excluding hydrogens is 332 g/mol. The summed E-state index contributed by atoms with van der Waals surface area (Å²) in [5.41, 5.74) is 3.89. The first kappa shape index (κ1) is 15.5. The number of rotatable bonds is 4. The maximum atomic E-state index is 12.4. The van der Waals surface area contributed by atoms with Crippen LogP contribution in [0.25, 0.3) is 22.2 Å². The Bertz CT molecular complexity index is 1040. The van der Waals surface area contributed by atoms with Gasteiger partial charge in [0.2, 0.25) is 5.91 Å². The van der Waals surface area contributed by atoms with E-state index in [1.54, 1.807) is 12.4 Å². The third kappa shape index (κ3) is 3.16. The molecule has 0 spiro atoms. The summed E-state index contributed by atoms with van der Waals surface area (Å²) in [5.74, 6) is -0.0663. The molecule has 0 aliphatic heterocycles. The van der Waals surface area contributed by atoms with Crippen LogP contribution in [0.1, 0.15) is 5.56 Å². The van der Waals surface area contributed by atoms with Gasteiger partial charge in [0.1, 0.15) is 0 Å². The van der Waals surface area contributed by atoms with Gasteiger partial charge < -0.3 is 9.88 Å². The lowest BCUT2D eigenvalue weighted by molar-refractivity contribution is -0.115. The van der Waals surface area contributed by atoms with E-state index in [1.165, 1.54) is 11.3 Å². The number of aromatic nitrogens is 3. The van der Waals surface area contributed by atoms with Crippen LogP contribution in [0.4, 0.5) is 5.13 Å². The Balaban J connectivity index is 1.50. The number of anilines is 1. The van der Waals surface area contributed by atoms with Gasteiger partial charge in [0.25, 0.3) is 0 Å². The second-order valence-corrected chi connectivity index (χ2v) is 6.65. The first-order chi connectivity index (χ1) is 12.2. The van der Waals surface area contributed by atoms with Crippen LogP contribution in [0.2, 0.25) is 0 Å². The summed E-state index contributed by atoms with van der Waals surface area (Å²) in [6, 6.07) is 11.9. The van der Waals surface area contributed by atoms with Gasteiger partial charge >= 0.3 is 0 Å². The molecule has 6 heteroatoms. The van der Waals surface area contributed by atoms with E-state index in [0.29, 0.717) is 11.6 Å². The van der Waals surface area contributed by atoms with Crippen molar-refractivity contribution in [1.29, 1.82) is 0 Å². The number of fused-ring (bicyclic) bond motifs is 1. The molecule has 3 heterocycles. The van der Waals surface area contributed by atoms with Crippen LogP contribution < -0.4 is 5.32 Å². The Hall–Kier alpha value is -2.99. The highest BCUT2D eigenvalue weighted by atomic mass is 32.1. The van der Waals surface area contributed by atoms with Gasteiger partial charge in [0.15, 0.2) is 5.13 Å². The number of carbonyl (C=O) groups excluding carboxylic acids is 1. The molecule has 0 saturated carbocycles. The standard InChI is InChI=1S/C19H16N4OS/c1-23-11-14(15-6-2-3-7-17(15)23)9-18(24)22-19-21-16(12-25-19)13-5-4-8-20-10-13/h2-8,10-12H,9H2,1H3,(H,21,22,24). The van der Waals surface area contributed by atoms with Crippen molar-refractivity contribution in [1.82, 2.24) is 14.5 Å². The molecule has 5 nitrogen and oxygen atoms in total. The molecule has 25 heavy (non-hydrogen) atoms. The minimum absolute atomic E-state index is 0.0663. The van der Waals surface area contributed by atoms with Gasteiger partial charge in [0, 0.05) is 47.5 Å². The molecule has 0 saturated heterocycles. The second kappa shape index (κ2) is 6.49. The van der Waals surface area contributed by atoms with Crippen LogP contribution in [-0.2, 0) is 18.3 Å². The molecular formula is C19H16N4OS. The fraction of sp³-hybridized carbons (Fsp3) is 0.105. The third-order valence-corrected chi connectivity index (χ3v) is 4.80. The number of benzene rings is 1. The Labute approximate surface area is 149 Å². The number of amides is 1. The molecule has 3 aromatic heterocycles. The number of hydrogen-bond acceptors (Lipinski definition) is 4. The predicted octanol–water partition coefficient (Wildman–Crippen LogP) is 3.88. The van der Waals surface area contributed by atoms with Gasteiger partial charge in [-0.3, -0.25) is 9.78 Å². The van der Waals surface area contributed by atoms with Crippen LogP contribution in [0.3, 0.4) is 0 Å². The van der Waals surface area contributed by atoms with Gasteiger partial charge in [-0.15, -0.1) is 11.3 Å². The molecule has 0 bridgehead atoms. The zero-order chi connectivity index (χ0) is 17.2. The van der Waals surface area contributed by atoms with Gasteiger partial charge in [-0.2, -0.15) is 0 Å². The van der Waals surface area contributed by atoms with E-state index in [4.69, 9.17) is 0 Å². The van der Waals surface area contributed by atoms with E-state index in [9.17, 15) is 4.79 Å². The fourth-order valence-corrected chi connectivity index (χ4v) is 3.62. The van der Waals surface area contributed by atoms with E-state index in [1.807, 2.05) is 53.5 Å². The van der Waals surface area contributed by atoms with Crippen molar-refractivity contribution in [2.24, 2.45) is 7.05 Å². The van der Waals surface area contributed by atoms with Crippen molar-refractivity contribution in [3.63, 3.8) is 0 Å². The van der Waals surface area contributed by atoms with Crippen LogP contribution in [0.15, 0.2) is 60.4 Å². The van der Waals surface area contributed by atoms with E-state index in [-0.39, 0.29) is 5.91 Å². The van der Waals surface area contributed by atoms with Crippen LogP contribution in [0.5, 0.6) is 0 Å². The first-order valence-corrected chi connectivity index (χ1v) is 8.77. The maximum absolute atomic E-state index is 12.4. The average Bonchev–Trinajstić information content (AvgIpc) is 3.21. The van der Waals surface area contributed by atoms with Gasteiger partial charge in [0.05, 0.1) is 12.1 Å². The zero-order valence-corrected chi connectivity index (χ0v) is 14.5. The zero-order valence-electron chi connectivity index (χ0n) is 13.6. The highest BCUT2D eigenvalue weighted by Crippen LogP contribution is 2.25. The lowest BCUT2D eigenvalue weighted by atomic mass is 10.1. The maximum Gasteiger partial charge on any atom is 0.230 e. The lowest BCUT2D eigenvalue weighted by Gasteiger charge is -2.01. The molecule has 0 fully saturated rings. The summed E-state index contributed by atoms with van der Waals surface area (Å²) in [4.78, 5) is 21.0. The molecule has 0 radical (unpaired) electrons. The monoisotopic (exact) mass is 348 g/mol. The summed E-state index contributed by atoms with van der Waals surface area (Å²) in [6.45, 7) is 0. The summed E-state index contributed by atoms with van der Waals surface area (Å²) in [5, 5.41) is 6.52. The summed E-state index contributed by atoms with van der Waals surface area (Å²) >= 11 is 1.42. The number of aryl methyl sites for hydroxylation is 1. The molecule has 1 amide bonds. The van der Waals surface area contributed by atoms with Gasteiger partial charge in [-0.1, -0.05) is 18.2 Å². The molecule has 0 aliphatic carbocycles. The smallest absolute Gasteiger partial charge is 0.230 e. The molecule has 4 rings (SSSR count). The summed E-state index contributed by atoms with van der Waals surface area (Å²) < 4.78 is 2.04. The molecule has 124 valence electrons. The van der Waals surface area contributed by atoms with Gasteiger partial charge in [-0.05, 0) is 23.8 Å². The Morgan fingerprint density at radius 1 is 1.24 bits per heavy atom. The fourth-order valence-electron chi connectivity index (χ4n) is 2.88. The van der Waals surface area contributed by atoms with Crippen LogP contribution in [0, 0.1) is 0 Å². The van der Waals surface area contributed by atoms with Crippen LogP contribution >= 0.6 is 11.3 Å². The first-order valence-electron chi connectivity index (χ1n) is 7.89. The minimum Gasteiger partial charge on any atom is -0.350 e. The third-order valence-electron chi connectivity index (χ3n) is 4.04. The van der Waals surface area contributed by atoms with Crippen molar-refractivity contribution in [3.8, 4) is 11.3 Å². The quantitative estimate of drug-likeness (QED) is 0.609. The lowest BCUT2D eigenvalue weighted by Crippen LogP contribution is -2.14. The molecule has 0 atom stereocenters. The van der Waals surface area contributed by atoms with Crippen molar-refractivity contribution in [3.05, 3.63) is 65.9 Å². The average molecular weight is 348 g/mol. The number of hydrogen-bond donors (Lipinski definition) is 1. The molecule has 0 aliphatic rings. The number of nitrogens with zero attached hydrogens (tertiary/aromatic N) is 3. The highest BCUT2D eigenvalue weighted by Gasteiger charge is 2.12. The molecule has 0 unspecified atom stereocenters. The van der Waals surface area contributed by atoms with Crippen molar-refractivity contribution in [2.75, 3.05) is 5.32 Å². The molecule has 1 N–H and O–H groups in total. The number of nitrogens with one attached hydrogen (secondary N) is 1. The number of pyridine rings is 1. The normalized spacial score (nSPS) is 10.9. The highest BCUT2D eigenvalue weighted by molar-refractivity contribution is 7.14. The minimum atomic E-state index is -0.0663. The van der Waals surface area contributed by atoms with Crippen molar-refractivity contribution >= 4 is 33.3 Å². The summed E-state index contributed by atoms with van der Waals surface area (Å²) in [7, 11) is 1.99. The van der Waals surface area contributed by atoms with E-state index in [0.717, 1.165) is 27.7 Å². The Kier molecular flexibility index (Phi) is 4.03. The SMILES string of the molecule is Cn1cc(CC(=O)Nc2nc(-c3cccnc3)cs2)c2ccccc21. The number of carbonyl (C=O) groups is 1. The van der Waals surface area contributed by atoms with E-state index in [2.05, 4.69) is 21.4 Å². The molecule has 4 aromatic rings. The van der Waals surface area contributed by atoms with Crippen molar-refractivity contribution < 1.29 is 4.79 Å². The number of para-hydroxylation sites is 1. The van der Waals surface area contributed by atoms with Gasteiger partial charge in [-0.25, -0.2) is 4.98 Å². The topological polar surface area (TPSA) is 59.8 Å².